The number of benzene rings is 2. The molecule has 1 aliphatic rings. The van der Waals surface area contributed by atoms with Crippen LogP contribution in [0.5, 0.6) is 11.8 Å². The molecule has 3 aromatic rings. The zero-order valence-corrected chi connectivity index (χ0v) is 18.7. The van der Waals surface area contributed by atoms with E-state index >= 15 is 0 Å². The highest BCUT2D eigenvalue weighted by Crippen LogP contribution is 2.28. The van der Waals surface area contributed by atoms with Crippen LogP contribution < -0.4 is 14.8 Å². The molecule has 1 fully saturated rings. The van der Waals surface area contributed by atoms with Crippen LogP contribution in [0.25, 0.3) is 11.1 Å². The zero-order chi connectivity index (χ0) is 22.5. The van der Waals surface area contributed by atoms with Gasteiger partial charge >= 0.3 is 0 Å². The topological polar surface area (TPSA) is 76.6 Å². The van der Waals surface area contributed by atoms with E-state index in [-0.39, 0.29) is 11.9 Å². The van der Waals surface area contributed by atoms with Crippen molar-refractivity contribution in [1.82, 2.24) is 14.9 Å². The van der Waals surface area contributed by atoms with E-state index in [9.17, 15) is 4.79 Å². The van der Waals surface area contributed by atoms with Crippen molar-refractivity contribution in [3.63, 3.8) is 0 Å². The number of amides is 1. The van der Waals surface area contributed by atoms with Crippen LogP contribution in [0.1, 0.15) is 28.8 Å². The molecule has 1 N–H and O–H groups in total. The molecule has 1 aromatic heterocycles. The van der Waals surface area contributed by atoms with Crippen molar-refractivity contribution in [3.05, 3.63) is 65.7 Å². The molecule has 7 heteroatoms. The van der Waals surface area contributed by atoms with Crippen LogP contribution in [-0.2, 0) is 0 Å². The minimum absolute atomic E-state index is 0.0358. The van der Waals surface area contributed by atoms with E-state index in [1.165, 1.54) is 0 Å². The Balaban J connectivity index is 1.55. The molecule has 1 saturated heterocycles. The average Bonchev–Trinajstić information content (AvgIpc) is 2.84. The van der Waals surface area contributed by atoms with Gasteiger partial charge in [0.05, 0.1) is 25.8 Å². The maximum Gasteiger partial charge on any atom is 0.254 e. The molecule has 1 amide bonds. The highest BCUT2D eigenvalue weighted by Gasteiger charge is 2.27. The molecule has 0 aliphatic carbocycles. The van der Waals surface area contributed by atoms with Gasteiger partial charge < -0.3 is 19.7 Å². The van der Waals surface area contributed by atoms with E-state index in [1.807, 2.05) is 60.4 Å². The van der Waals surface area contributed by atoms with Crippen LogP contribution in [0, 0.1) is 6.92 Å². The molecule has 4 rings (SSSR count). The first-order valence-electron chi connectivity index (χ1n) is 10.8. The van der Waals surface area contributed by atoms with Crippen molar-refractivity contribution < 1.29 is 14.3 Å². The fourth-order valence-corrected chi connectivity index (χ4v) is 4.11. The van der Waals surface area contributed by atoms with Crippen LogP contribution in [-0.4, -0.2) is 54.1 Å². The molecule has 166 valence electrons. The van der Waals surface area contributed by atoms with Crippen molar-refractivity contribution in [2.24, 2.45) is 0 Å². The Morgan fingerprint density at radius 2 is 1.75 bits per heavy atom. The normalized spacial score (nSPS) is 15.8. The number of anilines is 1. The largest absolute Gasteiger partial charge is 0.481 e. The minimum atomic E-state index is 0.0358. The lowest BCUT2D eigenvalue weighted by atomic mass is 9.94. The molecular weight excluding hydrogens is 404 g/mol. The summed E-state index contributed by atoms with van der Waals surface area (Å²) in [5, 5.41) is 3.35. The summed E-state index contributed by atoms with van der Waals surface area (Å²) in [6, 6.07) is 17.7. The second kappa shape index (κ2) is 9.68. The van der Waals surface area contributed by atoms with Gasteiger partial charge in [0, 0.05) is 19.1 Å². The summed E-state index contributed by atoms with van der Waals surface area (Å²) >= 11 is 0. The van der Waals surface area contributed by atoms with Gasteiger partial charge in [-0.1, -0.05) is 48.5 Å². The zero-order valence-electron chi connectivity index (χ0n) is 18.7. The Morgan fingerprint density at radius 1 is 1.03 bits per heavy atom. The monoisotopic (exact) mass is 432 g/mol. The molecular formula is C25H28N4O3. The highest BCUT2D eigenvalue weighted by atomic mass is 16.5. The van der Waals surface area contributed by atoms with Gasteiger partial charge in [-0.2, -0.15) is 9.97 Å². The van der Waals surface area contributed by atoms with Crippen molar-refractivity contribution in [2.75, 3.05) is 32.6 Å². The van der Waals surface area contributed by atoms with E-state index in [4.69, 9.17) is 9.47 Å². The first kappa shape index (κ1) is 21.6. The Morgan fingerprint density at radius 3 is 2.44 bits per heavy atom. The van der Waals surface area contributed by atoms with Crippen molar-refractivity contribution in [1.29, 1.82) is 0 Å². The van der Waals surface area contributed by atoms with E-state index < -0.39 is 0 Å². The third-order valence-electron chi connectivity index (χ3n) is 5.71. The Bertz CT molecular complexity index is 1070. The number of carbonyl (C=O) groups is 1. The summed E-state index contributed by atoms with van der Waals surface area (Å²) in [5.74, 6) is 1.34. The molecule has 0 bridgehead atoms. The summed E-state index contributed by atoms with van der Waals surface area (Å²) in [5.41, 5.74) is 3.75. The van der Waals surface area contributed by atoms with Gasteiger partial charge in [0.1, 0.15) is 0 Å². The standard InChI is InChI=1S/C25H28N4O3/c1-17-9-7-13-20(18-10-5-4-6-11-18)23(17)24(30)29-14-8-12-19(16-29)26-25-27-21(31-2)15-22(28-25)32-3/h4-7,9-11,13,15,19H,8,12,14,16H2,1-3H3,(H,26,27,28). The minimum Gasteiger partial charge on any atom is -0.481 e. The Labute approximate surface area is 188 Å². The van der Waals surface area contributed by atoms with E-state index in [1.54, 1.807) is 20.3 Å². The van der Waals surface area contributed by atoms with Gasteiger partial charge in [0.25, 0.3) is 5.91 Å². The summed E-state index contributed by atoms with van der Waals surface area (Å²) in [7, 11) is 3.11. The SMILES string of the molecule is COc1cc(OC)nc(NC2CCCN(C(=O)c3c(C)cccc3-c3ccccc3)C2)n1. The number of aryl methyl sites for hydroxylation is 1. The van der Waals surface area contributed by atoms with E-state index in [0.717, 1.165) is 41.6 Å². The van der Waals surface area contributed by atoms with Gasteiger partial charge in [-0.05, 0) is 36.5 Å². The molecule has 1 aliphatic heterocycles. The molecule has 0 radical (unpaired) electrons. The second-order valence-electron chi connectivity index (χ2n) is 7.87. The third-order valence-corrected chi connectivity index (χ3v) is 5.71. The number of nitrogens with zero attached hydrogens (tertiary/aromatic N) is 3. The number of piperidine rings is 1. The lowest BCUT2D eigenvalue weighted by Gasteiger charge is -2.34. The predicted molar refractivity (Wildman–Crippen MR) is 124 cm³/mol. The van der Waals surface area contributed by atoms with Gasteiger partial charge in [-0.25, -0.2) is 0 Å². The second-order valence-corrected chi connectivity index (χ2v) is 7.87. The van der Waals surface area contributed by atoms with Crippen molar-refractivity contribution in [2.45, 2.75) is 25.8 Å². The van der Waals surface area contributed by atoms with Crippen molar-refractivity contribution >= 4 is 11.9 Å². The third kappa shape index (κ3) is 4.66. The number of carbonyl (C=O) groups excluding carboxylic acids is 1. The van der Waals surface area contributed by atoms with Crippen molar-refractivity contribution in [3.8, 4) is 22.9 Å². The maximum absolute atomic E-state index is 13.6. The fourth-order valence-electron chi connectivity index (χ4n) is 4.11. The lowest BCUT2D eigenvalue weighted by Crippen LogP contribution is -2.45. The number of hydrogen-bond donors (Lipinski definition) is 1. The van der Waals surface area contributed by atoms with Crippen LogP contribution in [0.3, 0.4) is 0 Å². The van der Waals surface area contributed by atoms with E-state index in [0.29, 0.717) is 24.3 Å². The number of nitrogens with one attached hydrogen (secondary N) is 1. The molecule has 0 saturated carbocycles. The molecule has 7 nitrogen and oxygen atoms in total. The molecule has 0 spiro atoms. The number of likely N-dealkylation sites (tertiary alicyclic amines) is 1. The number of hydrogen-bond acceptors (Lipinski definition) is 6. The van der Waals surface area contributed by atoms with Crippen LogP contribution in [0.15, 0.2) is 54.6 Å². The molecule has 2 aromatic carbocycles. The number of aromatic nitrogens is 2. The molecule has 1 unspecified atom stereocenters. The predicted octanol–water partition coefficient (Wildman–Crippen LogP) is 4.19. The molecule has 1 atom stereocenters. The fraction of sp³-hybridized carbons (Fsp3) is 0.320. The smallest absolute Gasteiger partial charge is 0.254 e. The molecule has 2 heterocycles. The van der Waals surface area contributed by atoms with Gasteiger partial charge in [0.2, 0.25) is 17.7 Å². The lowest BCUT2D eigenvalue weighted by molar-refractivity contribution is 0.0714. The van der Waals surface area contributed by atoms with Gasteiger partial charge in [-0.15, -0.1) is 0 Å². The van der Waals surface area contributed by atoms with Crippen LogP contribution in [0.4, 0.5) is 5.95 Å². The quantitative estimate of drug-likeness (QED) is 0.630. The first-order valence-corrected chi connectivity index (χ1v) is 10.8. The summed E-state index contributed by atoms with van der Waals surface area (Å²) < 4.78 is 10.5. The molecule has 32 heavy (non-hydrogen) atoms. The number of rotatable bonds is 6. The number of ether oxygens (including phenoxy) is 2. The maximum atomic E-state index is 13.6. The highest BCUT2D eigenvalue weighted by molar-refractivity contribution is 6.02. The van der Waals surface area contributed by atoms with Crippen LogP contribution >= 0.6 is 0 Å². The first-order chi connectivity index (χ1) is 15.6. The summed E-state index contributed by atoms with van der Waals surface area (Å²) in [6.45, 7) is 3.29. The van der Waals surface area contributed by atoms with E-state index in [2.05, 4.69) is 15.3 Å². The number of methoxy groups -OCH3 is 2. The Kier molecular flexibility index (Phi) is 6.54. The van der Waals surface area contributed by atoms with Gasteiger partial charge in [-0.3, -0.25) is 4.79 Å². The van der Waals surface area contributed by atoms with Crippen LogP contribution in [0.2, 0.25) is 0 Å². The average molecular weight is 433 g/mol. The van der Waals surface area contributed by atoms with Gasteiger partial charge in [0.15, 0.2) is 0 Å². The summed E-state index contributed by atoms with van der Waals surface area (Å²) in [6.07, 6.45) is 1.82. The summed E-state index contributed by atoms with van der Waals surface area (Å²) in [4.78, 5) is 24.3. The Hall–Kier alpha value is -3.61.